The maximum absolute atomic E-state index is 12.9. The van der Waals surface area contributed by atoms with Crippen LogP contribution >= 0.6 is 0 Å². The van der Waals surface area contributed by atoms with Crippen LogP contribution in [0, 0.1) is 15.9 Å². The Bertz CT molecular complexity index is 330. The van der Waals surface area contributed by atoms with Crippen molar-refractivity contribution in [2.75, 3.05) is 0 Å². The van der Waals surface area contributed by atoms with E-state index in [1.807, 2.05) is 0 Å². The van der Waals surface area contributed by atoms with Gasteiger partial charge in [-0.15, -0.1) is 0 Å². The third-order valence-corrected chi connectivity index (χ3v) is 1.46. The lowest BCUT2D eigenvalue weighted by Gasteiger charge is -1.98. The van der Waals surface area contributed by atoms with Crippen LogP contribution in [-0.4, -0.2) is 4.92 Å². The van der Waals surface area contributed by atoms with Crippen molar-refractivity contribution in [2.24, 2.45) is 5.90 Å². The van der Waals surface area contributed by atoms with E-state index in [0.717, 1.165) is 12.1 Å². The van der Waals surface area contributed by atoms with E-state index in [1.54, 1.807) is 0 Å². The lowest BCUT2D eigenvalue weighted by Crippen LogP contribution is -2.00. The molecule has 70 valence electrons. The number of nitro groups is 1. The fourth-order valence-corrected chi connectivity index (χ4v) is 0.884. The summed E-state index contributed by atoms with van der Waals surface area (Å²) in [4.78, 5) is 13.7. The molecule has 0 saturated carbocycles. The molecule has 0 aliphatic rings. The van der Waals surface area contributed by atoms with Crippen molar-refractivity contribution in [3.63, 3.8) is 0 Å². The zero-order valence-corrected chi connectivity index (χ0v) is 6.57. The number of rotatable bonds is 3. The van der Waals surface area contributed by atoms with Gasteiger partial charge in [0, 0.05) is 6.07 Å². The van der Waals surface area contributed by atoms with Gasteiger partial charge >= 0.3 is 5.69 Å². The highest BCUT2D eigenvalue weighted by atomic mass is 19.1. The topological polar surface area (TPSA) is 78.4 Å². The minimum Gasteiger partial charge on any atom is -0.300 e. The lowest BCUT2D eigenvalue weighted by atomic mass is 10.2. The summed E-state index contributed by atoms with van der Waals surface area (Å²) in [6.07, 6.45) is 0. The number of hydrogen-bond donors (Lipinski definition) is 1. The highest BCUT2D eigenvalue weighted by Gasteiger charge is 2.13. The minimum atomic E-state index is -0.889. The zero-order chi connectivity index (χ0) is 9.84. The van der Waals surface area contributed by atoms with E-state index in [4.69, 9.17) is 5.90 Å². The molecule has 1 rings (SSSR count). The van der Waals surface area contributed by atoms with Crippen LogP contribution in [0.2, 0.25) is 0 Å². The van der Waals surface area contributed by atoms with Gasteiger partial charge in [-0.2, -0.15) is 4.39 Å². The van der Waals surface area contributed by atoms with Gasteiger partial charge in [0.25, 0.3) is 0 Å². The normalized spacial score (nSPS) is 10.0. The quantitative estimate of drug-likeness (QED) is 0.566. The smallest absolute Gasteiger partial charge is 0.300 e. The lowest BCUT2D eigenvalue weighted by molar-refractivity contribution is -0.387. The van der Waals surface area contributed by atoms with E-state index in [2.05, 4.69) is 4.84 Å². The fraction of sp³-hybridized carbons (Fsp3) is 0.143. The van der Waals surface area contributed by atoms with Gasteiger partial charge < -0.3 is 0 Å². The molecule has 0 unspecified atom stereocenters. The summed E-state index contributed by atoms with van der Waals surface area (Å²) < 4.78 is 12.9. The first-order chi connectivity index (χ1) is 6.15. The third-order valence-electron chi connectivity index (χ3n) is 1.46. The van der Waals surface area contributed by atoms with E-state index >= 15 is 0 Å². The van der Waals surface area contributed by atoms with Crippen LogP contribution in [0.15, 0.2) is 18.2 Å². The highest BCUT2D eigenvalue weighted by molar-refractivity contribution is 5.34. The number of nitro benzene ring substituents is 1. The Hall–Kier alpha value is -1.53. The summed E-state index contributed by atoms with van der Waals surface area (Å²) in [5.74, 6) is 3.86. The zero-order valence-electron chi connectivity index (χ0n) is 6.57. The van der Waals surface area contributed by atoms with Crippen molar-refractivity contribution in [3.8, 4) is 0 Å². The van der Waals surface area contributed by atoms with Gasteiger partial charge in [-0.05, 0) is 17.7 Å². The van der Waals surface area contributed by atoms with Gasteiger partial charge in [0.05, 0.1) is 11.5 Å². The summed E-state index contributed by atoms with van der Waals surface area (Å²) in [6, 6.07) is 3.47. The standard InChI is InChI=1S/C7H7FN2O3/c8-6-3-5(4-13-9)1-2-7(6)10(11)12/h1-3H,4,9H2. The summed E-state index contributed by atoms with van der Waals surface area (Å²) in [7, 11) is 0. The van der Waals surface area contributed by atoms with Crippen molar-refractivity contribution in [1.82, 2.24) is 0 Å². The second-order valence-electron chi connectivity index (χ2n) is 2.35. The molecule has 0 spiro atoms. The van der Waals surface area contributed by atoms with Gasteiger partial charge in [0.1, 0.15) is 0 Å². The Morgan fingerprint density at radius 2 is 2.31 bits per heavy atom. The first-order valence-corrected chi connectivity index (χ1v) is 3.39. The van der Waals surface area contributed by atoms with Gasteiger partial charge in [-0.3, -0.25) is 15.0 Å². The predicted molar refractivity (Wildman–Crippen MR) is 42.0 cm³/mol. The average molecular weight is 186 g/mol. The van der Waals surface area contributed by atoms with E-state index in [-0.39, 0.29) is 6.61 Å². The molecule has 0 fully saturated rings. The molecule has 1 aromatic carbocycles. The van der Waals surface area contributed by atoms with Crippen molar-refractivity contribution in [2.45, 2.75) is 6.61 Å². The molecule has 5 nitrogen and oxygen atoms in total. The molecule has 0 aliphatic carbocycles. The van der Waals surface area contributed by atoms with Gasteiger partial charge in [-0.1, -0.05) is 0 Å². The van der Waals surface area contributed by atoms with E-state index in [0.29, 0.717) is 5.56 Å². The largest absolute Gasteiger partial charge is 0.304 e. The maximum atomic E-state index is 12.9. The molecule has 0 aromatic heterocycles. The van der Waals surface area contributed by atoms with Crippen molar-refractivity contribution < 1.29 is 14.2 Å². The number of benzene rings is 1. The molecule has 0 heterocycles. The van der Waals surface area contributed by atoms with E-state index in [1.165, 1.54) is 6.07 Å². The monoisotopic (exact) mass is 186 g/mol. The minimum absolute atomic E-state index is 0.0227. The van der Waals surface area contributed by atoms with Crippen molar-refractivity contribution >= 4 is 5.69 Å². The van der Waals surface area contributed by atoms with Crippen LogP contribution in [0.3, 0.4) is 0 Å². The first kappa shape index (κ1) is 9.56. The van der Waals surface area contributed by atoms with Crippen LogP contribution in [-0.2, 0) is 11.4 Å². The summed E-state index contributed by atoms with van der Waals surface area (Å²) >= 11 is 0. The van der Waals surface area contributed by atoms with Crippen molar-refractivity contribution in [1.29, 1.82) is 0 Å². The molecular formula is C7H7FN2O3. The second-order valence-corrected chi connectivity index (χ2v) is 2.35. The van der Waals surface area contributed by atoms with Gasteiger partial charge in [0.15, 0.2) is 0 Å². The Balaban J connectivity index is 2.98. The first-order valence-electron chi connectivity index (χ1n) is 3.39. The summed E-state index contributed by atoms with van der Waals surface area (Å²) in [5, 5.41) is 10.2. The molecule has 0 saturated heterocycles. The second kappa shape index (κ2) is 3.92. The molecule has 1 aromatic rings. The van der Waals surface area contributed by atoms with Crippen LogP contribution < -0.4 is 5.90 Å². The molecule has 6 heteroatoms. The number of halogens is 1. The maximum Gasteiger partial charge on any atom is 0.304 e. The van der Waals surface area contributed by atoms with Crippen LogP contribution in [0.4, 0.5) is 10.1 Å². The van der Waals surface area contributed by atoms with Crippen LogP contribution in [0.1, 0.15) is 5.56 Å². The SMILES string of the molecule is NOCc1ccc([N+](=O)[O-])c(F)c1. The van der Waals surface area contributed by atoms with Gasteiger partial charge in [-0.25, -0.2) is 5.90 Å². The number of nitrogens with two attached hydrogens (primary N) is 1. The Morgan fingerprint density at radius 3 is 2.77 bits per heavy atom. The Morgan fingerprint density at radius 1 is 1.62 bits per heavy atom. The molecule has 0 amide bonds. The average Bonchev–Trinajstić information content (AvgIpc) is 2.04. The van der Waals surface area contributed by atoms with E-state index in [9.17, 15) is 14.5 Å². The van der Waals surface area contributed by atoms with Crippen LogP contribution in [0.5, 0.6) is 0 Å². The van der Waals surface area contributed by atoms with E-state index < -0.39 is 16.4 Å². The Labute approximate surface area is 73.0 Å². The highest BCUT2D eigenvalue weighted by Crippen LogP contribution is 2.17. The summed E-state index contributed by atoms with van der Waals surface area (Å²) in [6.45, 7) is 0.0227. The fourth-order valence-electron chi connectivity index (χ4n) is 0.884. The summed E-state index contributed by atoms with van der Waals surface area (Å²) in [5.41, 5.74) is -0.105. The third kappa shape index (κ3) is 2.20. The molecule has 2 N–H and O–H groups in total. The molecule has 0 bridgehead atoms. The molecule has 0 atom stereocenters. The number of nitrogens with zero attached hydrogens (tertiary/aromatic N) is 1. The molecule has 0 aliphatic heterocycles. The van der Waals surface area contributed by atoms with Crippen molar-refractivity contribution in [3.05, 3.63) is 39.7 Å². The molecule has 0 radical (unpaired) electrons. The predicted octanol–water partition coefficient (Wildman–Crippen LogP) is 1.12. The molecule has 13 heavy (non-hydrogen) atoms. The van der Waals surface area contributed by atoms with Crippen LogP contribution in [0.25, 0.3) is 0 Å². The van der Waals surface area contributed by atoms with Gasteiger partial charge in [0.2, 0.25) is 5.82 Å². The Kier molecular flexibility index (Phi) is 2.88. The number of hydrogen-bond acceptors (Lipinski definition) is 4. The molecular weight excluding hydrogens is 179 g/mol.